The summed E-state index contributed by atoms with van der Waals surface area (Å²) in [5.74, 6) is 0.102. The SMILES string of the molecule is CC(C)(C)C[C@]1(C2(C)C=CC(c3cnn(C(F)F)c3)=CC2)N=C(N)N([C@H](COC(=O)NC2CC2)c2ccc(Cl)c(-c3nnc(C4CC4)s3)c2)C1=O. The van der Waals surface area contributed by atoms with E-state index in [0.29, 0.717) is 55.7 Å². The van der Waals surface area contributed by atoms with Crippen LogP contribution in [0.4, 0.5) is 13.6 Å². The number of guanidine groups is 1. The van der Waals surface area contributed by atoms with Crippen molar-refractivity contribution in [3.8, 4) is 10.6 Å². The lowest BCUT2D eigenvalue weighted by atomic mass is 9.61. The van der Waals surface area contributed by atoms with E-state index in [1.807, 2.05) is 52.0 Å². The number of carbonyl (C=O) groups excluding carboxylic acids is 2. The standard InChI is InChI=1S/C36H41ClF2N8O3S/c1-34(2,3)19-36(35(4)13-11-20(12-14-35)23-16-41-46(17-23)31(38)39)30(48)47(32(40)43-36)27(18-50-33(49)42-24-8-9-24)22-7-10-26(37)25(15-22)29-45-44-28(51-29)21-5-6-21/h7,10-13,15-17,21,24,27,31H,5-6,8-9,14,18-19H2,1-4H3,(H2,40,43)(H,42,49)/t27-,35?,36+/m1/s1. The second kappa shape index (κ2) is 13.1. The monoisotopic (exact) mass is 738 g/mol. The number of rotatable bonds is 11. The van der Waals surface area contributed by atoms with Crippen LogP contribution in [-0.4, -0.2) is 61.0 Å². The molecule has 1 unspecified atom stereocenters. The molecule has 11 nitrogen and oxygen atoms in total. The maximum Gasteiger partial charge on any atom is 0.407 e. The highest BCUT2D eigenvalue weighted by molar-refractivity contribution is 7.14. The summed E-state index contributed by atoms with van der Waals surface area (Å²) in [4.78, 5) is 34.5. The van der Waals surface area contributed by atoms with Crippen LogP contribution < -0.4 is 11.1 Å². The lowest BCUT2D eigenvalue weighted by Gasteiger charge is -2.45. The van der Waals surface area contributed by atoms with Crippen LogP contribution in [-0.2, 0) is 9.53 Å². The Hall–Kier alpha value is -4.17. The van der Waals surface area contributed by atoms with Crippen molar-refractivity contribution in [3.05, 3.63) is 70.0 Å². The normalized spacial score (nSPS) is 24.2. The third kappa shape index (κ3) is 7.04. The van der Waals surface area contributed by atoms with Crippen LogP contribution in [0.15, 0.2) is 53.8 Å². The molecule has 0 spiro atoms. The Balaban J connectivity index is 1.24. The molecule has 7 rings (SSSR count). The zero-order valence-electron chi connectivity index (χ0n) is 28.9. The van der Waals surface area contributed by atoms with Crippen LogP contribution in [0.1, 0.15) is 101 Å². The summed E-state index contributed by atoms with van der Waals surface area (Å²) in [6, 6.07) is 4.63. The van der Waals surface area contributed by atoms with Gasteiger partial charge in [0.05, 0.1) is 17.3 Å². The molecule has 2 amide bonds. The molecule has 270 valence electrons. The Labute approximate surface area is 304 Å². The number of nitrogens with zero attached hydrogens (tertiary/aromatic N) is 6. The number of allylic oxidation sites excluding steroid dienone is 3. The number of alkyl halides is 2. The quantitative estimate of drug-likeness (QED) is 0.206. The molecule has 0 saturated heterocycles. The number of benzene rings is 1. The largest absolute Gasteiger partial charge is 0.447 e. The van der Waals surface area contributed by atoms with E-state index >= 15 is 4.79 Å². The van der Waals surface area contributed by atoms with Crippen LogP contribution in [0, 0.1) is 10.8 Å². The van der Waals surface area contributed by atoms with Crippen molar-refractivity contribution in [2.75, 3.05) is 6.61 Å². The van der Waals surface area contributed by atoms with Crippen molar-refractivity contribution in [1.82, 2.24) is 30.2 Å². The van der Waals surface area contributed by atoms with Crippen molar-refractivity contribution < 1.29 is 23.1 Å². The summed E-state index contributed by atoms with van der Waals surface area (Å²) in [5, 5.41) is 17.5. The van der Waals surface area contributed by atoms with E-state index in [0.717, 1.165) is 30.7 Å². The molecular weight excluding hydrogens is 698 g/mol. The van der Waals surface area contributed by atoms with E-state index < -0.39 is 29.6 Å². The summed E-state index contributed by atoms with van der Waals surface area (Å²) in [5.41, 5.74) is 6.75. The molecule has 0 radical (unpaired) electrons. The first kappa shape index (κ1) is 35.2. The number of amides is 2. The predicted molar refractivity (Wildman–Crippen MR) is 191 cm³/mol. The van der Waals surface area contributed by atoms with Gasteiger partial charge in [-0.1, -0.05) is 74.9 Å². The van der Waals surface area contributed by atoms with Crippen LogP contribution in [0.25, 0.3) is 16.1 Å². The Morgan fingerprint density at radius 3 is 2.61 bits per heavy atom. The lowest BCUT2D eigenvalue weighted by molar-refractivity contribution is -0.138. The zero-order valence-corrected chi connectivity index (χ0v) is 30.5. The highest BCUT2D eigenvalue weighted by Gasteiger charge is 2.60. The van der Waals surface area contributed by atoms with Gasteiger partial charge in [0.25, 0.3) is 5.91 Å². The van der Waals surface area contributed by atoms with Crippen molar-refractivity contribution in [1.29, 1.82) is 0 Å². The number of hydrogen-bond donors (Lipinski definition) is 2. The minimum Gasteiger partial charge on any atom is -0.447 e. The summed E-state index contributed by atoms with van der Waals surface area (Å²) in [7, 11) is 0. The van der Waals surface area contributed by atoms with Gasteiger partial charge < -0.3 is 15.8 Å². The molecule has 2 aromatic heterocycles. The average Bonchev–Trinajstić information content (AvgIpc) is 3.96. The molecule has 3 atom stereocenters. The fraction of sp³-hybridized carbons (Fsp3) is 0.500. The maximum atomic E-state index is 15.2. The summed E-state index contributed by atoms with van der Waals surface area (Å²) in [6.45, 7) is 5.14. The van der Waals surface area contributed by atoms with Crippen LogP contribution >= 0.6 is 22.9 Å². The van der Waals surface area contributed by atoms with Gasteiger partial charge in [-0.25, -0.2) is 14.5 Å². The van der Waals surface area contributed by atoms with E-state index in [9.17, 15) is 13.6 Å². The minimum absolute atomic E-state index is 0.00602. The maximum absolute atomic E-state index is 15.2. The molecule has 3 aliphatic carbocycles. The average molecular weight is 739 g/mol. The second-order valence-electron chi connectivity index (χ2n) is 15.3. The number of alkyl carbamates (subject to hydrolysis) is 1. The summed E-state index contributed by atoms with van der Waals surface area (Å²) >= 11 is 8.21. The van der Waals surface area contributed by atoms with Crippen molar-refractivity contribution in [3.63, 3.8) is 0 Å². The first-order valence-corrected chi connectivity index (χ1v) is 18.3. The van der Waals surface area contributed by atoms with E-state index in [1.165, 1.54) is 28.6 Å². The van der Waals surface area contributed by atoms with Gasteiger partial charge >= 0.3 is 12.6 Å². The molecule has 51 heavy (non-hydrogen) atoms. The highest BCUT2D eigenvalue weighted by atomic mass is 35.5. The molecule has 2 saturated carbocycles. The van der Waals surface area contributed by atoms with Crippen molar-refractivity contribution >= 4 is 46.5 Å². The Bertz CT molecular complexity index is 1940. The van der Waals surface area contributed by atoms with Crippen LogP contribution in [0.2, 0.25) is 5.02 Å². The van der Waals surface area contributed by atoms with Gasteiger partial charge in [-0.15, -0.1) is 10.2 Å². The predicted octanol–water partition coefficient (Wildman–Crippen LogP) is 7.64. The molecule has 15 heteroatoms. The number of nitrogens with two attached hydrogens (primary N) is 1. The van der Waals surface area contributed by atoms with Gasteiger partial charge in [-0.05, 0) is 67.2 Å². The van der Waals surface area contributed by atoms with Crippen LogP contribution in [0.3, 0.4) is 0 Å². The molecule has 3 heterocycles. The van der Waals surface area contributed by atoms with E-state index in [2.05, 4.69) is 20.6 Å². The number of carbonyl (C=O) groups is 2. The number of ether oxygens (including phenoxy) is 1. The Kier molecular flexibility index (Phi) is 9.06. The number of aromatic nitrogens is 4. The van der Waals surface area contributed by atoms with E-state index in [-0.39, 0.29) is 29.9 Å². The topological polar surface area (TPSA) is 141 Å². The van der Waals surface area contributed by atoms with Gasteiger partial charge in [-0.2, -0.15) is 13.9 Å². The summed E-state index contributed by atoms with van der Waals surface area (Å²) in [6.07, 6.45) is 12.5. The zero-order chi connectivity index (χ0) is 36.3. The first-order valence-electron chi connectivity index (χ1n) is 17.1. The van der Waals surface area contributed by atoms with E-state index in [1.54, 1.807) is 12.1 Å². The Morgan fingerprint density at radius 2 is 1.98 bits per heavy atom. The molecule has 2 fully saturated rings. The molecule has 1 aliphatic heterocycles. The van der Waals surface area contributed by atoms with Gasteiger partial charge in [0.15, 0.2) is 11.5 Å². The van der Waals surface area contributed by atoms with Gasteiger partial charge in [0.2, 0.25) is 0 Å². The van der Waals surface area contributed by atoms with Gasteiger partial charge in [-0.3, -0.25) is 9.69 Å². The Morgan fingerprint density at radius 1 is 1.22 bits per heavy atom. The van der Waals surface area contributed by atoms with Gasteiger partial charge in [0.1, 0.15) is 16.6 Å². The highest BCUT2D eigenvalue weighted by Crippen LogP contribution is 2.53. The molecule has 4 aliphatic rings. The third-order valence-electron chi connectivity index (χ3n) is 9.92. The number of aliphatic imine (C=N–C) groups is 1. The first-order chi connectivity index (χ1) is 24.2. The fourth-order valence-electron chi connectivity index (χ4n) is 6.87. The molecule has 3 aromatic rings. The van der Waals surface area contributed by atoms with E-state index in [4.69, 9.17) is 27.1 Å². The molecular formula is C36H41ClF2N8O3S. The van der Waals surface area contributed by atoms with Crippen molar-refractivity contribution in [2.45, 2.75) is 96.3 Å². The smallest absolute Gasteiger partial charge is 0.407 e. The lowest BCUT2D eigenvalue weighted by Crippen LogP contribution is -2.55. The molecule has 1 aromatic carbocycles. The van der Waals surface area contributed by atoms with Crippen molar-refractivity contribution in [2.24, 2.45) is 21.6 Å². The molecule has 3 N–H and O–H groups in total. The second-order valence-corrected chi connectivity index (χ2v) is 16.8. The number of nitrogens with one attached hydrogen (secondary N) is 1. The third-order valence-corrected chi connectivity index (χ3v) is 11.4. The minimum atomic E-state index is -2.75. The summed E-state index contributed by atoms with van der Waals surface area (Å²) < 4.78 is 32.9. The fourth-order valence-corrected chi connectivity index (χ4v) is 8.17. The molecule has 0 bridgehead atoms. The number of halogens is 3. The van der Waals surface area contributed by atoms with Gasteiger partial charge in [0, 0.05) is 34.7 Å². The van der Waals surface area contributed by atoms with Crippen LogP contribution in [0.5, 0.6) is 0 Å². The number of hydrogen-bond acceptors (Lipinski definition) is 9.